The molecule has 4 nitrogen and oxygen atoms in total. The zero-order chi connectivity index (χ0) is 13.8. The third-order valence-corrected chi connectivity index (χ3v) is 3.49. The standard InChI is InChI=1S/C16H17N3O/c20-16-12-17-11-13-5-1-2-7-15(13)19(16)10-8-14-6-3-4-9-18-14/h1-7,9,17H,8,10-12H2. The Morgan fingerprint density at radius 3 is 2.80 bits per heavy atom. The summed E-state index contributed by atoms with van der Waals surface area (Å²) in [4.78, 5) is 18.4. The third-order valence-electron chi connectivity index (χ3n) is 3.49. The molecule has 2 aromatic rings. The Morgan fingerprint density at radius 2 is 1.95 bits per heavy atom. The van der Waals surface area contributed by atoms with Crippen molar-refractivity contribution in [3.05, 3.63) is 59.9 Å². The first-order valence-electron chi connectivity index (χ1n) is 6.83. The van der Waals surface area contributed by atoms with Crippen LogP contribution in [0, 0.1) is 0 Å². The number of nitrogens with zero attached hydrogens (tertiary/aromatic N) is 2. The molecule has 4 heteroatoms. The molecular formula is C16H17N3O. The monoisotopic (exact) mass is 267 g/mol. The second-order valence-corrected chi connectivity index (χ2v) is 4.85. The zero-order valence-corrected chi connectivity index (χ0v) is 11.2. The van der Waals surface area contributed by atoms with Crippen LogP contribution >= 0.6 is 0 Å². The van der Waals surface area contributed by atoms with Crippen molar-refractivity contribution in [2.75, 3.05) is 18.0 Å². The molecule has 20 heavy (non-hydrogen) atoms. The van der Waals surface area contributed by atoms with Gasteiger partial charge in [-0.15, -0.1) is 0 Å². The van der Waals surface area contributed by atoms with Crippen molar-refractivity contribution in [1.82, 2.24) is 10.3 Å². The van der Waals surface area contributed by atoms with Crippen LogP contribution in [0.25, 0.3) is 0 Å². The maximum Gasteiger partial charge on any atom is 0.240 e. The lowest BCUT2D eigenvalue weighted by molar-refractivity contribution is -0.117. The Morgan fingerprint density at radius 1 is 1.10 bits per heavy atom. The van der Waals surface area contributed by atoms with Gasteiger partial charge in [-0.05, 0) is 23.8 Å². The van der Waals surface area contributed by atoms with Gasteiger partial charge in [0.1, 0.15) is 0 Å². The van der Waals surface area contributed by atoms with Crippen LogP contribution in [0.2, 0.25) is 0 Å². The number of anilines is 1. The summed E-state index contributed by atoms with van der Waals surface area (Å²) in [7, 11) is 0. The normalized spacial score (nSPS) is 14.8. The molecule has 0 unspecified atom stereocenters. The number of fused-ring (bicyclic) bond motifs is 1. The summed E-state index contributed by atoms with van der Waals surface area (Å²) in [5, 5.41) is 3.17. The summed E-state index contributed by atoms with van der Waals surface area (Å²) in [6.45, 7) is 1.79. The van der Waals surface area contributed by atoms with Gasteiger partial charge in [0.15, 0.2) is 0 Å². The van der Waals surface area contributed by atoms with Crippen molar-refractivity contribution in [2.45, 2.75) is 13.0 Å². The third kappa shape index (κ3) is 2.70. The van der Waals surface area contributed by atoms with Crippen LogP contribution in [0.3, 0.4) is 0 Å². The summed E-state index contributed by atoms with van der Waals surface area (Å²) < 4.78 is 0. The van der Waals surface area contributed by atoms with Gasteiger partial charge in [0.2, 0.25) is 5.91 Å². The van der Waals surface area contributed by atoms with Crippen molar-refractivity contribution in [2.24, 2.45) is 0 Å². The first-order chi connectivity index (χ1) is 9.84. The molecule has 0 spiro atoms. The van der Waals surface area contributed by atoms with Crippen LogP contribution in [0.4, 0.5) is 5.69 Å². The van der Waals surface area contributed by atoms with Crippen LogP contribution in [0.15, 0.2) is 48.7 Å². The molecule has 102 valence electrons. The predicted octanol–water partition coefficient (Wildman–Crippen LogP) is 1.76. The number of pyridine rings is 1. The maximum absolute atomic E-state index is 12.2. The molecule has 0 fully saturated rings. The van der Waals surface area contributed by atoms with E-state index in [1.54, 1.807) is 6.20 Å². The Kier molecular flexibility index (Phi) is 3.74. The highest BCUT2D eigenvalue weighted by Gasteiger charge is 2.21. The van der Waals surface area contributed by atoms with Gasteiger partial charge in [-0.1, -0.05) is 24.3 Å². The summed E-state index contributed by atoms with van der Waals surface area (Å²) in [5.74, 6) is 0.117. The number of amides is 1. The minimum Gasteiger partial charge on any atom is -0.311 e. The van der Waals surface area contributed by atoms with Crippen LogP contribution in [0.5, 0.6) is 0 Å². The Labute approximate surface area is 118 Å². The lowest BCUT2D eigenvalue weighted by Gasteiger charge is -2.22. The minimum atomic E-state index is 0.117. The number of benzene rings is 1. The summed E-state index contributed by atoms with van der Waals surface area (Å²) in [6.07, 6.45) is 2.55. The molecule has 1 aliphatic rings. The molecule has 1 aliphatic heterocycles. The zero-order valence-electron chi connectivity index (χ0n) is 11.2. The second kappa shape index (κ2) is 5.84. The van der Waals surface area contributed by atoms with Gasteiger partial charge >= 0.3 is 0 Å². The average molecular weight is 267 g/mol. The lowest BCUT2D eigenvalue weighted by atomic mass is 10.1. The van der Waals surface area contributed by atoms with E-state index in [2.05, 4.69) is 16.4 Å². The lowest BCUT2D eigenvalue weighted by Crippen LogP contribution is -2.37. The van der Waals surface area contributed by atoms with E-state index in [0.29, 0.717) is 13.1 Å². The molecule has 0 saturated heterocycles. The number of rotatable bonds is 3. The number of hydrogen-bond donors (Lipinski definition) is 1. The smallest absolute Gasteiger partial charge is 0.240 e. The molecule has 1 N–H and O–H groups in total. The molecule has 0 bridgehead atoms. The number of aromatic nitrogens is 1. The van der Waals surface area contributed by atoms with Crippen molar-refractivity contribution in [1.29, 1.82) is 0 Å². The van der Waals surface area contributed by atoms with Gasteiger partial charge in [0.05, 0.1) is 6.54 Å². The van der Waals surface area contributed by atoms with E-state index in [0.717, 1.165) is 24.3 Å². The molecule has 0 atom stereocenters. The molecular weight excluding hydrogens is 250 g/mol. The van der Waals surface area contributed by atoms with E-state index < -0.39 is 0 Å². The number of carbonyl (C=O) groups is 1. The topological polar surface area (TPSA) is 45.2 Å². The largest absolute Gasteiger partial charge is 0.311 e. The predicted molar refractivity (Wildman–Crippen MR) is 78.4 cm³/mol. The Hall–Kier alpha value is -2.20. The fourth-order valence-corrected chi connectivity index (χ4v) is 2.48. The molecule has 0 aliphatic carbocycles. The minimum absolute atomic E-state index is 0.117. The second-order valence-electron chi connectivity index (χ2n) is 4.85. The summed E-state index contributed by atoms with van der Waals surface area (Å²) in [6, 6.07) is 13.9. The number of nitrogens with one attached hydrogen (secondary N) is 1. The number of hydrogen-bond acceptors (Lipinski definition) is 3. The van der Waals surface area contributed by atoms with E-state index in [9.17, 15) is 4.79 Å². The van der Waals surface area contributed by atoms with Crippen molar-refractivity contribution in [3.8, 4) is 0 Å². The van der Waals surface area contributed by atoms with E-state index in [1.165, 1.54) is 5.56 Å². The SMILES string of the molecule is O=C1CNCc2ccccc2N1CCc1ccccn1. The maximum atomic E-state index is 12.2. The molecule has 2 heterocycles. The van der Waals surface area contributed by atoms with Gasteiger partial charge < -0.3 is 10.2 Å². The number of carbonyl (C=O) groups excluding carboxylic acids is 1. The van der Waals surface area contributed by atoms with Gasteiger partial charge in [-0.25, -0.2) is 0 Å². The molecule has 3 rings (SSSR count). The van der Waals surface area contributed by atoms with E-state index in [4.69, 9.17) is 0 Å². The van der Waals surface area contributed by atoms with E-state index in [-0.39, 0.29) is 5.91 Å². The molecule has 1 aromatic heterocycles. The fourth-order valence-electron chi connectivity index (χ4n) is 2.48. The first-order valence-corrected chi connectivity index (χ1v) is 6.83. The Balaban J connectivity index is 1.81. The van der Waals surface area contributed by atoms with Gasteiger partial charge in [0.25, 0.3) is 0 Å². The molecule has 1 aromatic carbocycles. The molecule has 0 saturated carbocycles. The Bertz CT molecular complexity index is 598. The molecule has 1 amide bonds. The highest BCUT2D eigenvalue weighted by atomic mass is 16.2. The van der Waals surface area contributed by atoms with Crippen molar-refractivity contribution in [3.63, 3.8) is 0 Å². The quantitative estimate of drug-likeness (QED) is 0.921. The van der Waals surface area contributed by atoms with Crippen molar-refractivity contribution < 1.29 is 4.79 Å². The van der Waals surface area contributed by atoms with Crippen molar-refractivity contribution >= 4 is 11.6 Å². The van der Waals surface area contributed by atoms with Crippen LogP contribution in [-0.4, -0.2) is 24.0 Å². The van der Waals surface area contributed by atoms with Crippen LogP contribution in [-0.2, 0) is 17.8 Å². The molecule has 0 radical (unpaired) electrons. The summed E-state index contributed by atoms with van der Waals surface area (Å²) in [5.41, 5.74) is 3.19. The summed E-state index contributed by atoms with van der Waals surface area (Å²) >= 11 is 0. The first kappa shape index (κ1) is 12.8. The average Bonchev–Trinajstić information content (AvgIpc) is 2.65. The van der Waals surface area contributed by atoms with Gasteiger partial charge in [-0.2, -0.15) is 0 Å². The number of para-hydroxylation sites is 1. The van der Waals surface area contributed by atoms with Gasteiger partial charge in [0, 0.05) is 37.1 Å². The fraction of sp³-hybridized carbons (Fsp3) is 0.250. The van der Waals surface area contributed by atoms with Crippen LogP contribution < -0.4 is 10.2 Å². The highest BCUT2D eigenvalue weighted by molar-refractivity contribution is 5.96. The van der Waals surface area contributed by atoms with Gasteiger partial charge in [-0.3, -0.25) is 9.78 Å². The van der Waals surface area contributed by atoms with Crippen LogP contribution in [0.1, 0.15) is 11.3 Å². The highest BCUT2D eigenvalue weighted by Crippen LogP contribution is 2.22. The van der Waals surface area contributed by atoms with E-state index >= 15 is 0 Å². The van der Waals surface area contributed by atoms with E-state index in [1.807, 2.05) is 41.3 Å².